The van der Waals surface area contributed by atoms with Crippen LogP contribution in [-0.4, -0.2) is 29.7 Å². The van der Waals surface area contributed by atoms with Gasteiger partial charge in [0.15, 0.2) is 0 Å². The molecule has 116 valence electrons. The van der Waals surface area contributed by atoms with Crippen molar-refractivity contribution in [3.63, 3.8) is 0 Å². The molecule has 0 unspecified atom stereocenters. The number of nitrogens with zero attached hydrogens (tertiary/aromatic N) is 2. The van der Waals surface area contributed by atoms with Crippen LogP contribution in [0.2, 0.25) is 5.02 Å². The summed E-state index contributed by atoms with van der Waals surface area (Å²) in [6.07, 6.45) is 1.41. The zero-order valence-corrected chi connectivity index (χ0v) is 13.4. The molecule has 0 atom stereocenters. The number of carbonyl (C=O) groups is 1. The number of carbonyl (C=O) groups excluding carboxylic acids is 1. The highest BCUT2D eigenvalue weighted by Gasteiger charge is 2.14. The lowest BCUT2D eigenvalue weighted by Crippen LogP contribution is -2.31. The number of amides is 1. The second-order valence-electron chi connectivity index (χ2n) is 5.05. The van der Waals surface area contributed by atoms with Crippen LogP contribution in [0.3, 0.4) is 0 Å². The molecule has 6 nitrogen and oxygen atoms in total. The number of likely N-dealkylation sites (N-methyl/N-ethyl adjacent to an activating group) is 1. The maximum absolute atomic E-state index is 12.2. The van der Waals surface area contributed by atoms with Crippen molar-refractivity contribution in [3.8, 4) is 0 Å². The molecule has 2 rings (SSSR count). The summed E-state index contributed by atoms with van der Waals surface area (Å²) in [6, 6.07) is 5.72. The maximum Gasteiger partial charge on any atom is 0.285 e. The number of nitrogens with one attached hydrogen (secondary N) is 2. The standard InChI is InChI=1S/C15H17ClN4O2/c1-9-5-4-6-11(10(9)2)18-13(21)8-20(3)12-7-17-19-15(22)14(12)16/h4-7H,8H2,1-3H3,(H,18,21)(H,19,22). The Morgan fingerprint density at radius 3 is 2.86 bits per heavy atom. The molecule has 1 amide bonds. The van der Waals surface area contributed by atoms with Gasteiger partial charge in [0.05, 0.1) is 18.4 Å². The molecule has 0 radical (unpaired) electrons. The van der Waals surface area contributed by atoms with Crippen LogP contribution < -0.4 is 15.8 Å². The Kier molecular flexibility index (Phi) is 4.82. The second-order valence-corrected chi connectivity index (χ2v) is 5.43. The van der Waals surface area contributed by atoms with E-state index in [4.69, 9.17) is 11.6 Å². The summed E-state index contributed by atoms with van der Waals surface area (Å²) in [5, 5.41) is 8.79. The predicted molar refractivity (Wildman–Crippen MR) is 87.7 cm³/mol. The molecule has 0 fully saturated rings. The van der Waals surface area contributed by atoms with Crippen molar-refractivity contribution in [3.05, 3.63) is 50.9 Å². The van der Waals surface area contributed by atoms with Gasteiger partial charge in [0.1, 0.15) is 5.02 Å². The number of rotatable bonds is 4. The van der Waals surface area contributed by atoms with Gasteiger partial charge < -0.3 is 10.2 Å². The second kappa shape index (κ2) is 6.62. The quantitative estimate of drug-likeness (QED) is 0.904. The van der Waals surface area contributed by atoms with Crippen LogP contribution >= 0.6 is 11.6 Å². The Bertz CT molecular complexity index is 757. The van der Waals surface area contributed by atoms with Crippen molar-refractivity contribution in [2.24, 2.45) is 0 Å². The molecule has 0 bridgehead atoms. The zero-order chi connectivity index (χ0) is 16.3. The monoisotopic (exact) mass is 320 g/mol. The summed E-state index contributed by atoms with van der Waals surface area (Å²) in [6.45, 7) is 3.99. The SMILES string of the molecule is Cc1cccc(NC(=O)CN(C)c2cn[nH]c(=O)c2Cl)c1C. The van der Waals surface area contributed by atoms with E-state index in [1.807, 2.05) is 32.0 Å². The molecule has 0 aliphatic carbocycles. The summed E-state index contributed by atoms with van der Waals surface area (Å²) < 4.78 is 0. The number of hydrogen-bond donors (Lipinski definition) is 2. The minimum Gasteiger partial charge on any atom is -0.363 e. The van der Waals surface area contributed by atoms with E-state index in [1.54, 1.807) is 11.9 Å². The van der Waals surface area contributed by atoms with E-state index in [0.29, 0.717) is 5.69 Å². The molecule has 0 aliphatic heterocycles. The first-order valence-corrected chi connectivity index (χ1v) is 7.08. The van der Waals surface area contributed by atoms with Gasteiger partial charge in [0.2, 0.25) is 5.91 Å². The third-order valence-electron chi connectivity index (χ3n) is 3.45. The van der Waals surface area contributed by atoms with Crippen molar-refractivity contribution >= 4 is 28.9 Å². The van der Waals surface area contributed by atoms with Gasteiger partial charge in [-0.25, -0.2) is 5.10 Å². The van der Waals surface area contributed by atoms with Crippen molar-refractivity contribution < 1.29 is 4.79 Å². The van der Waals surface area contributed by atoms with Gasteiger partial charge >= 0.3 is 0 Å². The first-order valence-electron chi connectivity index (χ1n) is 6.70. The van der Waals surface area contributed by atoms with Gasteiger partial charge in [-0.3, -0.25) is 9.59 Å². The fraction of sp³-hybridized carbons (Fsp3) is 0.267. The van der Waals surface area contributed by atoms with Crippen LogP contribution in [0.25, 0.3) is 0 Å². The van der Waals surface area contributed by atoms with E-state index < -0.39 is 5.56 Å². The molecule has 0 spiro atoms. The average Bonchev–Trinajstić information content (AvgIpc) is 2.46. The molecule has 2 N–H and O–H groups in total. The number of halogens is 1. The van der Waals surface area contributed by atoms with E-state index >= 15 is 0 Å². The van der Waals surface area contributed by atoms with Crippen molar-refractivity contribution in [2.45, 2.75) is 13.8 Å². The van der Waals surface area contributed by atoms with Gasteiger partial charge in [0.25, 0.3) is 5.56 Å². The number of aromatic amines is 1. The fourth-order valence-electron chi connectivity index (χ4n) is 2.02. The molecule has 1 aromatic carbocycles. The molecular formula is C15H17ClN4O2. The smallest absolute Gasteiger partial charge is 0.285 e. The molecular weight excluding hydrogens is 304 g/mol. The number of benzene rings is 1. The Hall–Kier alpha value is -2.34. The number of H-pyrrole nitrogens is 1. The molecule has 1 aromatic heterocycles. The number of anilines is 2. The van der Waals surface area contributed by atoms with Gasteiger partial charge in [0, 0.05) is 12.7 Å². The van der Waals surface area contributed by atoms with Crippen LogP contribution in [-0.2, 0) is 4.79 Å². The fourth-order valence-corrected chi connectivity index (χ4v) is 2.25. The summed E-state index contributed by atoms with van der Waals surface area (Å²) in [7, 11) is 1.67. The lowest BCUT2D eigenvalue weighted by Gasteiger charge is -2.19. The highest BCUT2D eigenvalue weighted by atomic mass is 35.5. The Morgan fingerprint density at radius 2 is 2.14 bits per heavy atom. The first kappa shape index (κ1) is 16.0. The van der Waals surface area contributed by atoms with E-state index in [2.05, 4.69) is 15.5 Å². The van der Waals surface area contributed by atoms with Gasteiger partial charge in [-0.05, 0) is 31.0 Å². The molecule has 0 aliphatic rings. The normalized spacial score (nSPS) is 10.4. The zero-order valence-electron chi connectivity index (χ0n) is 12.6. The van der Waals surface area contributed by atoms with E-state index in [0.717, 1.165) is 16.8 Å². The van der Waals surface area contributed by atoms with Crippen molar-refractivity contribution in [2.75, 3.05) is 23.8 Å². The third kappa shape index (κ3) is 3.46. The molecule has 22 heavy (non-hydrogen) atoms. The number of aromatic nitrogens is 2. The molecule has 7 heteroatoms. The average molecular weight is 321 g/mol. The number of aryl methyl sites for hydroxylation is 1. The minimum absolute atomic E-state index is 0.0111. The topological polar surface area (TPSA) is 78.1 Å². The first-order chi connectivity index (χ1) is 10.4. The highest BCUT2D eigenvalue weighted by Crippen LogP contribution is 2.20. The third-order valence-corrected chi connectivity index (χ3v) is 3.81. The predicted octanol–water partition coefficient (Wildman–Crippen LogP) is 2.12. The Morgan fingerprint density at radius 1 is 1.41 bits per heavy atom. The Labute approximate surface area is 133 Å². The van der Waals surface area contributed by atoms with E-state index in [-0.39, 0.29) is 17.5 Å². The maximum atomic E-state index is 12.2. The summed E-state index contributed by atoms with van der Waals surface area (Å²) in [4.78, 5) is 25.2. The van der Waals surface area contributed by atoms with Crippen molar-refractivity contribution in [1.82, 2.24) is 10.2 Å². The lowest BCUT2D eigenvalue weighted by molar-refractivity contribution is -0.114. The lowest BCUT2D eigenvalue weighted by atomic mass is 10.1. The number of hydrogen-bond acceptors (Lipinski definition) is 4. The minimum atomic E-state index is -0.485. The van der Waals surface area contributed by atoms with Crippen LogP contribution in [0.15, 0.2) is 29.2 Å². The van der Waals surface area contributed by atoms with Crippen LogP contribution in [0.5, 0.6) is 0 Å². The van der Waals surface area contributed by atoms with Crippen LogP contribution in [0.1, 0.15) is 11.1 Å². The van der Waals surface area contributed by atoms with Crippen molar-refractivity contribution in [1.29, 1.82) is 0 Å². The highest BCUT2D eigenvalue weighted by molar-refractivity contribution is 6.33. The summed E-state index contributed by atoms with van der Waals surface area (Å²) >= 11 is 5.92. The summed E-state index contributed by atoms with van der Waals surface area (Å²) in [5.74, 6) is -0.201. The van der Waals surface area contributed by atoms with Gasteiger partial charge in [-0.15, -0.1) is 0 Å². The Balaban J connectivity index is 2.10. The molecule has 0 saturated heterocycles. The van der Waals surface area contributed by atoms with Gasteiger partial charge in [-0.1, -0.05) is 23.7 Å². The van der Waals surface area contributed by atoms with Crippen LogP contribution in [0, 0.1) is 13.8 Å². The van der Waals surface area contributed by atoms with E-state index in [1.165, 1.54) is 6.20 Å². The largest absolute Gasteiger partial charge is 0.363 e. The van der Waals surface area contributed by atoms with Crippen LogP contribution in [0.4, 0.5) is 11.4 Å². The molecule has 2 aromatic rings. The molecule has 1 heterocycles. The molecule has 0 saturated carbocycles. The van der Waals surface area contributed by atoms with Gasteiger partial charge in [-0.2, -0.15) is 5.10 Å². The van der Waals surface area contributed by atoms with E-state index in [9.17, 15) is 9.59 Å². The summed E-state index contributed by atoms with van der Waals surface area (Å²) in [5.41, 5.74) is 2.82.